The molecule has 0 spiro atoms. The van der Waals surface area contributed by atoms with Gasteiger partial charge in [0.25, 0.3) is 0 Å². The predicted octanol–water partition coefficient (Wildman–Crippen LogP) is 2.47. The molecular weight excluding hydrogens is 463 g/mol. The van der Waals surface area contributed by atoms with Crippen LogP contribution >= 0.6 is 24.0 Å². The number of sulfonamides is 1. The van der Waals surface area contributed by atoms with Gasteiger partial charge in [-0.15, -0.1) is 24.0 Å². The van der Waals surface area contributed by atoms with Crippen molar-refractivity contribution < 1.29 is 8.42 Å². The van der Waals surface area contributed by atoms with Gasteiger partial charge in [-0.25, -0.2) is 8.42 Å². The number of benzene rings is 1. The van der Waals surface area contributed by atoms with E-state index in [-0.39, 0.29) is 24.0 Å². The lowest BCUT2D eigenvalue weighted by atomic mass is 10.2. The van der Waals surface area contributed by atoms with Crippen LogP contribution in [0.4, 0.5) is 0 Å². The van der Waals surface area contributed by atoms with Gasteiger partial charge in [0.1, 0.15) is 0 Å². The van der Waals surface area contributed by atoms with E-state index in [2.05, 4.69) is 27.8 Å². The van der Waals surface area contributed by atoms with Crippen LogP contribution in [0.15, 0.2) is 46.3 Å². The van der Waals surface area contributed by atoms with Gasteiger partial charge >= 0.3 is 0 Å². The molecule has 1 heterocycles. The molecule has 0 radical (unpaired) electrons. The summed E-state index contributed by atoms with van der Waals surface area (Å²) >= 11 is 0. The zero-order chi connectivity index (χ0) is 17.7. The van der Waals surface area contributed by atoms with Crippen molar-refractivity contribution in [3.05, 3.63) is 42.0 Å². The highest BCUT2D eigenvalue weighted by atomic mass is 127. The summed E-state index contributed by atoms with van der Waals surface area (Å²) in [6.45, 7) is 1.86. The Morgan fingerprint density at radius 1 is 1.15 bits per heavy atom. The first-order chi connectivity index (χ1) is 12.1. The second kappa shape index (κ2) is 9.70. The van der Waals surface area contributed by atoms with Crippen molar-refractivity contribution in [2.45, 2.75) is 43.2 Å². The summed E-state index contributed by atoms with van der Waals surface area (Å²) in [6, 6.07) is 7.52. The van der Waals surface area contributed by atoms with Crippen LogP contribution < -0.4 is 10.6 Å². The predicted molar refractivity (Wildman–Crippen MR) is 115 cm³/mol. The highest BCUT2D eigenvalue weighted by Crippen LogP contribution is 2.21. The Balaban J connectivity index is 0.00000243. The van der Waals surface area contributed by atoms with E-state index in [1.807, 2.05) is 12.1 Å². The number of hydrogen-bond donors (Lipinski definition) is 2. The second-order valence-corrected chi connectivity index (χ2v) is 8.40. The summed E-state index contributed by atoms with van der Waals surface area (Å²) in [5, 5.41) is 6.66. The molecule has 3 rings (SSSR count). The highest BCUT2D eigenvalue weighted by Gasteiger charge is 2.26. The first-order valence-electron chi connectivity index (χ1n) is 8.81. The van der Waals surface area contributed by atoms with Crippen LogP contribution in [0.5, 0.6) is 0 Å². The Kier molecular flexibility index (Phi) is 7.90. The van der Waals surface area contributed by atoms with E-state index < -0.39 is 10.0 Å². The van der Waals surface area contributed by atoms with Crippen LogP contribution in [-0.2, 0) is 16.6 Å². The zero-order valence-electron chi connectivity index (χ0n) is 15.0. The summed E-state index contributed by atoms with van der Waals surface area (Å²) < 4.78 is 26.6. The lowest BCUT2D eigenvalue weighted by Gasteiger charge is -2.17. The molecule has 0 atom stereocenters. The second-order valence-electron chi connectivity index (χ2n) is 6.46. The molecule has 1 aromatic rings. The number of rotatable bonds is 5. The molecule has 0 bridgehead atoms. The average Bonchev–Trinajstić information content (AvgIpc) is 3.32. The molecule has 144 valence electrons. The fourth-order valence-corrected chi connectivity index (χ4v) is 4.68. The lowest BCUT2D eigenvalue weighted by Crippen LogP contribution is -2.42. The van der Waals surface area contributed by atoms with Crippen molar-refractivity contribution in [2.24, 2.45) is 4.99 Å². The van der Waals surface area contributed by atoms with Crippen molar-refractivity contribution in [3.8, 4) is 0 Å². The molecule has 2 N–H and O–H groups in total. The van der Waals surface area contributed by atoms with Crippen molar-refractivity contribution >= 4 is 40.0 Å². The van der Waals surface area contributed by atoms with Gasteiger partial charge < -0.3 is 10.6 Å². The fourth-order valence-electron chi connectivity index (χ4n) is 3.17. The molecule has 0 aromatic heterocycles. The van der Waals surface area contributed by atoms with Gasteiger partial charge in [0.15, 0.2) is 5.96 Å². The molecule has 1 saturated heterocycles. The van der Waals surface area contributed by atoms with Crippen molar-refractivity contribution in [3.63, 3.8) is 0 Å². The monoisotopic (exact) mass is 490 g/mol. The molecular formula is C18H27IN4O2S. The zero-order valence-corrected chi connectivity index (χ0v) is 18.2. The average molecular weight is 490 g/mol. The van der Waals surface area contributed by atoms with Crippen LogP contribution in [0.25, 0.3) is 0 Å². The Bertz CT molecular complexity index is 733. The van der Waals surface area contributed by atoms with E-state index in [4.69, 9.17) is 0 Å². The summed E-state index contributed by atoms with van der Waals surface area (Å²) in [5.41, 5.74) is 1.02. The maximum absolute atomic E-state index is 12.5. The number of guanidine groups is 1. The number of nitrogens with zero attached hydrogens (tertiary/aromatic N) is 2. The fraction of sp³-hybridized carbons (Fsp3) is 0.500. The Hall–Kier alpha value is -1.13. The molecule has 0 amide bonds. The summed E-state index contributed by atoms with van der Waals surface area (Å²) in [5.74, 6) is 0.766. The molecule has 8 heteroatoms. The largest absolute Gasteiger partial charge is 0.353 e. The molecule has 0 saturated carbocycles. The molecule has 1 aromatic carbocycles. The first kappa shape index (κ1) is 21.2. The quantitative estimate of drug-likeness (QED) is 0.288. The smallest absolute Gasteiger partial charge is 0.243 e. The lowest BCUT2D eigenvalue weighted by molar-refractivity contribution is 0.477. The minimum absolute atomic E-state index is 0. The van der Waals surface area contributed by atoms with Gasteiger partial charge in [-0.2, -0.15) is 4.31 Å². The van der Waals surface area contributed by atoms with Crippen molar-refractivity contribution in [1.82, 2.24) is 14.9 Å². The number of halogens is 1. The maximum Gasteiger partial charge on any atom is 0.243 e. The minimum Gasteiger partial charge on any atom is -0.353 e. The normalized spacial score (nSPS) is 18.7. The molecule has 1 aliphatic heterocycles. The summed E-state index contributed by atoms with van der Waals surface area (Å²) in [6.07, 6.45) is 8.27. The molecule has 2 aliphatic rings. The van der Waals surface area contributed by atoms with Crippen LogP contribution in [0.1, 0.15) is 31.2 Å². The number of nitrogens with one attached hydrogen (secondary N) is 2. The van der Waals surface area contributed by atoms with Crippen LogP contribution in [0.2, 0.25) is 0 Å². The third-order valence-electron chi connectivity index (χ3n) is 4.66. The van der Waals surface area contributed by atoms with Gasteiger partial charge in [-0.1, -0.05) is 24.3 Å². The molecule has 6 nitrogen and oxygen atoms in total. The number of aliphatic imine (C=N–C) groups is 1. The van der Waals surface area contributed by atoms with Crippen LogP contribution in [-0.4, -0.2) is 44.9 Å². The van der Waals surface area contributed by atoms with Crippen LogP contribution in [0.3, 0.4) is 0 Å². The van der Waals surface area contributed by atoms with E-state index in [0.717, 1.165) is 37.2 Å². The Morgan fingerprint density at radius 3 is 2.35 bits per heavy atom. The topological polar surface area (TPSA) is 73.8 Å². The summed E-state index contributed by atoms with van der Waals surface area (Å²) in [4.78, 5) is 4.61. The Morgan fingerprint density at radius 2 is 1.77 bits per heavy atom. The van der Waals surface area contributed by atoms with Crippen molar-refractivity contribution in [1.29, 1.82) is 0 Å². The molecule has 26 heavy (non-hydrogen) atoms. The van der Waals surface area contributed by atoms with E-state index in [1.54, 1.807) is 23.5 Å². The highest BCUT2D eigenvalue weighted by molar-refractivity contribution is 14.0. The van der Waals surface area contributed by atoms with Gasteiger partial charge in [0, 0.05) is 32.7 Å². The Labute approximate surface area is 173 Å². The molecule has 1 fully saturated rings. The van der Waals surface area contributed by atoms with E-state index in [0.29, 0.717) is 30.6 Å². The van der Waals surface area contributed by atoms with Gasteiger partial charge in [-0.3, -0.25) is 4.99 Å². The third kappa shape index (κ3) is 5.20. The summed E-state index contributed by atoms with van der Waals surface area (Å²) in [7, 11) is -1.58. The minimum atomic E-state index is -3.34. The van der Waals surface area contributed by atoms with E-state index >= 15 is 0 Å². The maximum atomic E-state index is 12.5. The van der Waals surface area contributed by atoms with E-state index in [1.165, 1.54) is 0 Å². The van der Waals surface area contributed by atoms with Gasteiger partial charge in [0.05, 0.1) is 4.90 Å². The van der Waals surface area contributed by atoms with Gasteiger partial charge in [0.2, 0.25) is 10.0 Å². The number of hydrogen-bond acceptors (Lipinski definition) is 3. The van der Waals surface area contributed by atoms with Crippen molar-refractivity contribution in [2.75, 3.05) is 20.1 Å². The molecule has 0 unspecified atom stereocenters. The molecule has 1 aliphatic carbocycles. The standard InChI is InChI=1S/C18H26N4O2S.HI/c1-19-18(21-16-6-2-3-7-16)20-14-15-8-10-17(11-9-15)25(23,24)22-12-4-5-13-22;/h2-3,8-11,16H,4-7,12-14H2,1H3,(H2,19,20,21);1H. The van der Waals surface area contributed by atoms with Crippen LogP contribution in [0, 0.1) is 0 Å². The third-order valence-corrected chi connectivity index (χ3v) is 6.57. The van der Waals surface area contributed by atoms with Gasteiger partial charge in [-0.05, 0) is 43.4 Å². The van der Waals surface area contributed by atoms with E-state index in [9.17, 15) is 8.42 Å². The first-order valence-corrected chi connectivity index (χ1v) is 10.2. The SMILES string of the molecule is CN=C(NCc1ccc(S(=O)(=O)N2CCCC2)cc1)NC1CC=CC1.I.